The molecule has 0 radical (unpaired) electrons. The van der Waals surface area contributed by atoms with E-state index in [4.69, 9.17) is 10.8 Å². The van der Waals surface area contributed by atoms with Crippen LogP contribution in [0.15, 0.2) is 66.7 Å². The number of aliphatic carboxylic acids is 1. The number of aryl methyl sites for hydroxylation is 2. The summed E-state index contributed by atoms with van der Waals surface area (Å²) in [4.78, 5) is 55.2. The molecule has 12 heteroatoms. The van der Waals surface area contributed by atoms with Crippen molar-refractivity contribution in [3.63, 3.8) is 0 Å². The summed E-state index contributed by atoms with van der Waals surface area (Å²) >= 11 is 0. The molecule has 1 atom stereocenters. The number of H-pyrrole nitrogens is 1. The van der Waals surface area contributed by atoms with Crippen molar-refractivity contribution < 1.29 is 24.3 Å². The number of hydrogen-bond acceptors (Lipinski definition) is 7. The number of carboxylic acids is 1. The Balaban J connectivity index is 1.30. The number of carboxylic acid groups (broad SMARTS) is 1. The summed E-state index contributed by atoms with van der Waals surface area (Å²) in [5.41, 5.74) is 11.5. The zero-order valence-electron chi connectivity index (χ0n) is 29.4. The van der Waals surface area contributed by atoms with E-state index in [0.29, 0.717) is 35.4 Å². The van der Waals surface area contributed by atoms with Crippen LogP contribution in [0.5, 0.6) is 0 Å². The highest BCUT2D eigenvalue weighted by atomic mass is 16.4. The molecule has 1 aromatic heterocycles. The van der Waals surface area contributed by atoms with Crippen LogP contribution in [0.1, 0.15) is 73.3 Å². The Labute approximate surface area is 298 Å². The lowest BCUT2D eigenvalue weighted by Gasteiger charge is -2.28. The smallest absolute Gasteiger partial charge is 0.303 e. The zero-order chi connectivity index (χ0) is 36.5. The first-order valence-electron chi connectivity index (χ1n) is 17.5. The molecular formula is C39H47N7O5. The highest BCUT2D eigenvalue weighted by Crippen LogP contribution is 2.29. The maximum atomic E-state index is 13.8. The molecule has 268 valence electrons. The van der Waals surface area contributed by atoms with Gasteiger partial charge in [0.2, 0.25) is 11.8 Å². The number of nitrogens with one attached hydrogen (secondary N) is 4. The molecule has 4 aromatic rings. The third-order valence-electron chi connectivity index (χ3n) is 9.33. The second kappa shape index (κ2) is 17.0. The second-order valence-corrected chi connectivity index (χ2v) is 13.6. The maximum Gasteiger partial charge on any atom is 0.303 e. The van der Waals surface area contributed by atoms with E-state index < -0.39 is 12.0 Å². The van der Waals surface area contributed by atoms with Crippen molar-refractivity contribution in [1.29, 1.82) is 0 Å². The van der Waals surface area contributed by atoms with Crippen LogP contribution in [0.4, 0.5) is 5.69 Å². The zero-order valence-corrected chi connectivity index (χ0v) is 29.4. The molecule has 1 fully saturated rings. The molecule has 5 rings (SSSR count). The molecule has 3 amide bonds. The van der Waals surface area contributed by atoms with E-state index in [9.17, 15) is 19.2 Å². The van der Waals surface area contributed by atoms with E-state index in [1.807, 2.05) is 63.2 Å². The minimum Gasteiger partial charge on any atom is -0.481 e. The average Bonchev–Trinajstić information content (AvgIpc) is 3.60. The third-order valence-corrected chi connectivity index (χ3v) is 9.33. The molecule has 1 aliphatic rings. The van der Waals surface area contributed by atoms with Gasteiger partial charge in [0.15, 0.2) is 11.6 Å². The number of carbonyl (C=O) groups excluding carboxylic acids is 3. The van der Waals surface area contributed by atoms with Crippen molar-refractivity contribution in [2.24, 2.45) is 17.6 Å². The van der Waals surface area contributed by atoms with E-state index in [0.717, 1.165) is 53.5 Å². The molecule has 1 heterocycles. The number of benzene rings is 3. The molecule has 0 bridgehead atoms. The van der Waals surface area contributed by atoms with Crippen molar-refractivity contribution in [3.8, 4) is 22.5 Å². The van der Waals surface area contributed by atoms with Crippen LogP contribution in [0.25, 0.3) is 22.5 Å². The summed E-state index contributed by atoms with van der Waals surface area (Å²) in [6.07, 6.45) is 3.70. The molecule has 3 aromatic carbocycles. The van der Waals surface area contributed by atoms with Crippen molar-refractivity contribution in [1.82, 2.24) is 25.8 Å². The number of carbonyl (C=O) groups is 4. The number of nitrogens with two attached hydrogens (primary N) is 1. The van der Waals surface area contributed by atoms with Gasteiger partial charge in [0.25, 0.3) is 5.91 Å². The highest BCUT2D eigenvalue weighted by molar-refractivity contribution is 5.98. The lowest BCUT2D eigenvalue weighted by Crippen LogP contribution is -2.48. The summed E-state index contributed by atoms with van der Waals surface area (Å²) in [6, 6.07) is 19.7. The molecule has 0 unspecified atom stereocenters. The summed E-state index contributed by atoms with van der Waals surface area (Å²) < 4.78 is 0. The summed E-state index contributed by atoms with van der Waals surface area (Å²) in [5, 5.41) is 24.8. The molecule has 12 nitrogen and oxygen atoms in total. The Morgan fingerprint density at radius 3 is 2.25 bits per heavy atom. The van der Waals surface area contributed by atoms with Gasteiger partial charge in [0, 0.05) is 41.6 Å². The van der Waals surface area contributed by atoms with Gasteiger partial charge in [-0.3, -0.25) is 24.3 Å². The van der Waals surface area contributed by atoms with Gasteiger partial charge in [-0.05, 0) is 118 Å². The Hall–Kier alpha value is -5.36. The van der Waals surface area contributed by atoms with Crippen LogP contribution < -0.4 is 21.7 Å². The maximum absolute atomic E-state index is 13.8. The second-order valence-electron chi connectivity index (χ2n) is 13.6. The fourth-order valence-electron chi connectivity index (χ4n) is 6.33. The Kier molecular flexibility index (Phi) is 12.3. The summed E-state index contributed by atoms with van der Waals surface area (Å²) in [6.45, 7) is 6.47. The molecule has 51 heavy (non-hydrogen) atoms. The van der Waals surface area contributed by atoms with Gasteiger partial charge in [0.1, 0.15) is 6.04 Å². The number of rotatable bonds is 14. The average molecular weight is 694 g/mol. The van der Waals surface area contributed by atoms with Gasteiger partial charge in [-0.1, -0.05) is 30.3 Å². The van der Waals surface area contributed by atoms with Crippen LogP contribution in [0.3, 0.4) is 0 Å². The van der Waals surface area contributed by atoms with E-state index in [1.165, 1.54) is 0 Å². The van der Waals surface area contributed by atoms with E-state index in [1.54, 1.807) is 24.3 Å². The number of hydrogen-bond donors (Lipinski definition) is 6. The fourth-order valence-corrected chi connectivity index (χ4v) is 6.33. The SMILES string of the molecule is Cc1ccc(C(=O)NC(C)C)cc1-c1ccc(C[C@H](NC(=O)[C@H]2CC[C@H](CN)CC2)C(=O)Nc2ccc(-c3nc(CCC(=O)O)n[nH]3)cc2)cc1. The van der Waals surface area contributed by atoms with Crippen molar-refractivity contribution in [2.75, 3.05) is 11.9 Å². The van der Waals surface area contributed by atoms with Gasteiger partial charge in [-0.2, -0.15) is 5.10 Å². The van der Waals surface area contributed by atoms with Crippen LogP contribution >= 0.6 is 0 Å². The first kappa shape index (κ1) is 36.9. The number of nitrogens with zero attached hydrogens (tertiary/aromatic N) is 2. The van der Waals surface area contributed by atoms with Crippen molar-refractivity contribution >= 4 is 29.4 Å². The van der Waals surface area contributed by atoms with Crippen LogP contribution in [0, 0.1) is 18.8 Å². The largest absolute Gasteiger partial charge is 0.481 e. The van der Waals surface area contributed by atoms with Gasteiger partial charge >= 0.3 is 5.97 Å². The fraction of sp³-hybridized carbons (Fsp3) is 0.385. The van der Waals surface area contributed by atoms with E-state index in [2.05, 4.69) is 31.1 Å². The third kappa shape index (κ3) is 10.1. The molecule has 0 aliphatic heterocycles. The Morgan fingerprint density at radius 1 is 0.922 bits per heavy atom. The molecular weight excluding hydrogens is 646 g/mol. The van der Waals surface area contributed by atoms with Gasteiger partial charge in [-0.25, -0.2) is 4.98 Å². The normalized spacial score (nSPS) is 16.3. The molecule has 1 aliphatic carbocycles. The Morgan fingerprint density at radius 2 is 1.61 bits per heavy atom. The van der Waals surface area contributed by atoms with Crippen molar-refractivity contribution in [3.05, 3.63) is 89.2 Å². The quantitative estimate of drug-likeness (QED) is 0.106. The summed E-state index contributed by atoms with van der Waals surface area (Å²) in [7, 11) is 0. The highest BCUT2D eigenvalue weighted by Gasteiger charge is 2.29. The number of amides is 3. The van der Waals surface area contributed by atoms with Crippen LogP contribution in [-0.2, 0) is 27.2 Å². The molecule has 0 saturated heterocycles. The van der Waals surface area contributed by atoms with Gasteiger partial charge in [0.05, 0.1) is 6.42 Å². The first-order valence-corrected chi connectivity index (χ1v) is 17.5. The standard InChI is InChI=1S/C39H47N7O5/c1-23(2)41-38(50)30-9-4-24(3)32(21-30)27-10-5-25(6-11-27)20-33(43-37(49)29-12-7-26(22-40)8-13-29)39(51)42-31-16-14-28(15-17-31)36-44-34(45-46-36)18-19-35(47)48/h4-6,9-11,14-17,21,23,26,29,33H,7-8,12-13,18-20,22,40H2,1-3H3,(H,41,50)(H,42,51)(H,43,49)(H,47,48)(H,44,45,46)/t26-,29-,33-/m0/s1. The van der Waals surface area contributed by atoms with Gasteiger partial charge in [-0.15, -0.1) is 0 Å². The molecule has 0 spiro atoms. The topological polar surface area (TPSA) is 192 Å². The number of aromatic nitrogens is 3. The lowest BCUT2D eigenvalue weighted by molar-refractivity contribution is -0.137. The minimum absolute atomic E-state index is 0.0263. The van der Waals surface area contributed by atoms with Gasteiger partial charge < -0.3 is 26.8 Å². The van der Waals surface area contributed by atoms with E-state index >= 15 is 0 Å². The van der Waals surface area contributed by atoms with Crippen molar-refractivity contribution in [2.45, 2.75) is 77.8 Å². The molecule has 7 N–H and O–H groups in total. The minimum atomic E-state index is -0.920. The Bertz CT molecular complexity index is 1830. The van der Waals surface area contributed by atoms with Crippen LogP contribution in [-0.4, -0.2) is 62.6 Å². The lowest BCUT2D eigenvalue weighted by atomic mass is 9.81. The predicted octanol–water partition coefficient (Wildman–Crippen LogP) is 5.03. The van der Waals surface area contributed by atoms with Crippen LogP contribution in [0.2, 0.25) is 0 Å². The number of aromatic amines is 1. The first-order chi connectivity index (χ1) is 24.5. The van der Waals surface area contributed by atoms with E-state index in [-0.39, 0.29) is 48.9 Å². The predicted molar refractivity (Wildman–Crippen MR) is 196 cm³/mol. The number of anilines is 1. The monoisotopic (exact) mass is 693 g/mol. The molecule has 1 saturated carbocycles. The summed E-state index contributed by atoms with van der Waals surface area (Å²) in [5.74, 6) is -0.361.